The quantitative estimate of drug-likeness (QED) is 0.389. The Kier molecular flexibility index (Phi) is 2.63. The highest BCUT2D eigenvalue weighted by Gasteiger charge is 2.26. The molecule has 1 aromatic rings. The SMILES string of the molecule is COC(=O)C#Cc1ccc2c(c1)C(=O)NC2=O. The number of carbonyl (C=O) groups excluding carboxylic acids is 3. The molecule has 1 aromatic carbocycles. The Morgan fingerprint density at radius 3 is 2.65 bits per heavy atom. The van der Waals surface area contributed by atoms with Gasteiger partial charge in [-0.3, -0.25) is 14.9 Å². The first kappa shape index (κ1) is 10.9. The van der Waals surface area contributed by atoms with E-state index in [0.29, 0.717) is 11.1 Å². The van der Waals surface area contributed by atoms with Crippen molar-refractivity contribution in [2.24, 2.45) is 0 Å². The van der Waals surface area contributed by atoms with Gasteiger partial charge in [0.2, 0.25) is 0 Å². The van der Waals surface area contributed by atoms with Gasteiger partial charge in [-0.05, 0) is 18.2 Å². The van der Waals surface area contributed by atoms with Gasteiger partial charge in [0, 0.05) is 11.5 Å². The van der Waals surface area contributed by atoms with Crippen molar-refractivity contribution in [2.75, 3.05) is 7.11 Å². The number of esters is 1. The standard InChI is InChI=1S/C12H7NO4/c1-17-10(14)5-3-7-2-4-8-9(6-7)12(16)13-11(8)15/h2,4,6H,1H3,(H,13,15,16). The summed E-state index contributed by atoms with van der Waals surface area (Å²) < 4.78 is 4.36. The van der Waals surface area contributed by atoms with Crippen molar-refractivity contribution in [3.63, 3.8) is 0 Å². The first-order chi connectivity index (χ1) is 8.11. The number of carbonyl (C=O) groups is 3. The average Bonchev–Trinajstić information content (AvgIpc) is 2.62. The highest BCUT2D eigenvalue weighted by atomic mass is 16.5. The van der Waals surface area contributed by atoms with Gasteiger partial charge in [-0.1, -0.05) is 5.92 Å². The van der Waals surface area contributed by atoms with Crippen LogP contribution in [0.4, 0.5) is 0 Å². The number of rotatable bonds is 0. The lowest BCUT2D eigenvalue weighted by Gasteiger charge is -1.94. The summed E-state index contributed by atoms with van der Waals surface area (Å²) in [5.41, 5.74) is 1.06. The van der Waals surface area contributed by atoms with E-state index in [1.807, 2.05) is 0 Å². The number of imide groups is 1. The maximum atomic E-state index is 11.4. The Bertz CT molecular complexity index is 592. The van der Waals surface area contributed by atoms with Crippen LogP contribution in [-0.2, 0) is 9.53 Å². The third-order valence-electron chi connectivity index (χ3n) is 2.23. The van der Waals surface area contributed by atoms with Gasteiger partial charge in [-0.15, -0.1) is 0 Å². The average molecular weight is 229 g/mol. The fraction of sp³-hybridized carbons (Fsp3) is 0.0833. The summed E-state index contributed by atoms with van der Waals surface area (Å²) in [4.78, 5) is 33.4. The summed E-state index contributed by atoms with van der Waals surface area (Å²) >= 11 is 0. The molecule has 0 unspecified atom stereocenters. The van der Waals surface area contributed by atoms with Gasteiger partial charge in [0.1, 0.15) is 0 Å². The zero-order valence-electron chi connectivity index (χ0n) is 8.87. The summed E-state index contributed by atoms with van der Waals surface area (Å²) in [6, 6.07) is 4.52. The van der Waals surface area contributed by atoms with E-state index in [2.05, 4.69) is 21.9 Å². The number of amides is 2. The van der Waals surface area contributed by atoms with Gasteiger partial charge in [-0.2, -0.15) is 0 Å². The van der Waals surface area contributed by atoms with Gasteiger partial charge in [-0.25, -0.2) is 4.79 Å². The Hall–Kier alpha value is -2.61. The van der Waals surface area contributed by atoms with Crippen molar-refractivity contribution in [2.45, 2.75) is 0 Å². The first-order valence-corrected chi connectivity index (χ1v) is 4.71. The molecule has 2 amide bonds. The third kappa shape index (κ3) is 2.01. The maximum Gasteiger partial charge on any atom is 0.384 e. The minimum absolute atomic E-state index is 0.270. The van der Waals surface area contributed by atoms with E-state index in [1.54, 1.807) is 6.07 Å². The number of hydrogen-bond acceptors (Lipinski definition) is 4. The third-order valence-corrected chi connectivity index (χ3v) is 2.23. The van der Waals surface area contributed by atoms with E-state index < -0.39 is 17.8 Å². The number of nitrogens with one attached hydrogen (secondary N) is 1. The predicted molar refractivity (Wildman–Crippen MR) is 57.1 cm³/mol. The fourth-order valence-electron chi connectivity index (χ4n) is 1.42. The second-order valence-corrected chi connectivity index (χ2v) is 3.29. The highest BCUT2D eigenvalue weighted by molar-refractivity contribution is 6.21. The second-order valence-electron chi connectivity index (χ2n) is 3.29. The van der Waals surface area contributed by atoms with E-state index in [9.17, 15) is 14.4 Å². The van der Waals surface area contributed by atoms with Crippen LogP contribution in [0.25, 0.3) is 0 Å². The van der Waals surface area contributed by atoms with Crippen molar-refractivity contribution in [3.8, 4) is 11.8 Å². The summed E-state index contributed by atoms with van der Waals surface area (Å²) in [6.07, 6.45) is 0. The molecule has 1 N–H and O–H groups in total. The molecule has 5 heteroatoms. The number of ether oxygens (including phenoxy) is 1. The molecule has 0 spiro atoms. The molecule has 0 fully saturated rings. The highest BCUT2D eigenvalue weighted by Crippen LogP contribution is 2.16. The Labute approximate surface area is 96.8 Å². The number of hydrogen-bond donors (Lipinski definition) is 1. The van der Waals surface area contributed by atoms with Crippen LogP contribution >= 0.6 is 0 Å². The summed E-state index contributed by atoms with van der Waals surface area (Å²) in [5, 5.41) is 2.17. The van der Waals surface area contributed by atoms with Crippen molar-refractivity contribution < 1.29 is 19.1 Å². The van der Waals surface area contributed by atoms with E-state index in [1.165, 1.54) is 19.2 Å². The largest absolute Gasteiger partial charge is 0.459 e. The molecule has 0 aromatic heterocycles. The molecule has 1 heterocycles. The van der Waals surface area contributed by atoms with Gasteiger partial charge in [0.15, 0.2) is 0 Å². The summed E-state index contributed by atoms with van der Waals surface area (Å²) in [5.74, 6) is 3.25. The fourth-order valence-corrected chi connectivity index (χ4v) is 1.42. The van der Waals surface area contributed by atoms with Gasteiger partial charge >= 0.3 is 5.97 Å². The molecule has 5 nitrogen and oxygen atoms in total. The Morgan fingerprint density at radius 1 is 1.24 bits per heavy atom. The Balaban J connectivity index is 2.37. The molecule has 17 heavy (non-hydrogen) atoms. The minimum Gasteiger partial charge on any atom is -0.459 e. The zero-order valence-corrected chi connectivity index (χ0v) is 8.87. The van der Waals surface area contributed by atoms with Gasteiger partial charge in [0.25, 0.3) is 11.8 Å². The van der Waals surface area contributed by atoms with Crippen LogP contribution in [0.3, 0.4) is 0 Å². The van der Waals surface area contributed by atoms with Crippen LogP contribution in [0.2, 0.25) is 0 Å². The zero-order chi connectivity index (χ0) is 12.4. The number of fused-ring (bicyclic) bond motifs is 1. The van der Waals surface area contributed by atoms with E-state index in [0.717, 1.165) is 0 Å². The van der Waals surface area contributed by atoms with Crippen LogP contribution in [0.1, 0.15) is 26.3 Å². The molecule has 0 saturated carbocycles. The molecule has 2 rings (SSSR count). The monoisotopic (exact) mass is 229 g/mol. The van der Waals surface area contributed by atoms with Crippen molar-refractivity contribution in [1.29, 1.82) is 0 Å². The molecule has 1 aliphatic rings. The molecule has 0 aliphatic carbocycles. The molecular formula is C12H7NO4. The lowest BCUT2D eigenvalue weighted by molar-refractivity contribution is -0.133. The molecule has 1 aliphatic heterocycles. The van der Waals surface area contributed by atoms with E-state index in [-0.39, 0.29) is 5.56 Å². The first-order valence-electron chi connectivity index (χ1n) is 4.71. The molecule has 0 saturated heterocycles. The minimum atomic E-state index is -0.661. The van der Waals surface area contributed by atoms with E-state index >= 15 is 0 Å². The topological polar surface area (TPSA) is 72.5 Å². The molecule has 0 bridgehead atoms. The molecule has 84 valence electrons. The number of benzene rings is 1. The lowest BCUT2D eigenvalue weighted by Crippen LogP contribution is -2.19. The van der Waals surface area contributed by atoms with Crippen LogP contribution in [0, 0.1) is 11.8 Å². The van der Waals surface area contributed by atoms with Crippen LogP contribution in [-0.4, -0.2) is 24.9 Å². The summed E-state index contributed by atoms with van der Waals surface area (Å²) in [7, 11) is 1.23. The predicted octanol–water partition coefficient (Wildman–Crippen LogP) is 0.0947. The van der Waals surface area contributed by atoms with Gasteiger partial charge < -0.3 is 4.74 Å². The van der Waals surface area contributed by atoms with Crippen molar-refractivity contribution in [1.82, 2.24) is 5.32 Å². The maximum absolute atomic E-state index is 11.4. The van der Waals surface area contributed by atoms with Crippen molar-refractivity contribution >= 4 is 17.8 Å². The summed E-state index contributed by atoms with van der Waals surface area (Å²) in [6.45, 7) is 0. The van der Waals surface area contributed by atoms with Crippen molar-refractivity contribution in [3.05, 3.63) is 34.9 Å². The lowest BCUT2D eigenvalue weighted by atomic mass is 10.1. The molecule has 0 radical (unpaired) electrons. The van der Waals surface area contributed by atoms with Crippen LogP contribution in [0.5, 0.6) is 0 Å². The van der Waals surface area contributed by atoms with Crippen LogP contribution in [0.15, 0.2) is 18.2 Å². The van der Waals surface area contributed by atoms with Crippen LogP contribution < -0.4 is 5.32 Å². The smallest absolute Gasteiger partial charge is 0.384 e. The normalized spacial score (nSPS) is 12.3. The Morgan fingerprint density at radius 2 is 1.94 bits per heavy atom. The van der Waals surface area contributed by atoms with E-state index in [4.69, 9.17) is 0 Å². The second kappa shape index (κ2) is 4.10. The molecular weight excluding hydrogens is 222 g/mol. The van der Waals surface area contributed by atoms with Gasteiger partial charge in [0.05, 0.1) is 18.2 Å². The number of methoxy groups -OCH3 is 1. The molecule has 0 atom stereocenters.